The van der Waals surface area contributed by atoms with E-state index in [1.807, 2.05) is 38.4 Å². The summed E-state index contributed by atoms with van der Waals surface area (Å²) in [4.78, 5) is 23.6. The van der Waals surface area contributed by atoms with E-state index in [-0.39, 0.29) is 18.1 Å². The number of carbonyl (C=O) groups excluding carboxylic acids is 1. The Morgan fingerprint density at radius 1 is 1.26 bits per heavy atom. The Labute approximate surface area is 160 Å². The Morgan fingerprint density at radius 3 is 2.78 bits per heavy atom. The van der Waals surface area contributed by atoms with Crippen LogP contribution < -0.4 is 14.8 Å². The molecule has 2 atom stereocenters. The number of carbonyl (C=O) groups is 1. The van der Waals surface area contributed by atoms with Gasteiger partial charge in [-0.1, -0.05) is 0 Å². The summed E-state index contributed by atoms with van der Waals surface area (Å²) in [5, 5.41) is 4.47. The number of nitrogens with one attached hydrogen (secondary N) is 2. The van der Waals surface area contributed by atoms with Gasteiger partial charge in [-0.05, 0) is 26.2 Å². The molecule has 8 heteroatoms. The summed E-state index contributed by atoms with van der Waals surface area (Å²) in [5.41, 5.74) is 2.43. The Bertz CT molecular complexity index is 1030. The van der Waals surface area contributed by atoms with E-state index >= 15 is 0 Å². The molecule has 4 rings (SSSR count). The molecule has 4 heterocycles. The Hall–Kier alpha value is -2.74. The molecule has 0 bridgehead atoms. The maximum atomic E-state index is 11.4. The maximum Gasteiger partial charge on any atom is 0.222 e. The fourth-order valence-electron chi connectivity index (χ4n) is 3.02. The number of aromatic amines is 1. The third kappa shape index (κ3) is 3.21. The van der Waals surface area contributed by atoms with Crippen LogP contribution in [0.15, 0.2) is 29.6 Å². The number of thioether (sulfide) groups is 1. The van der Waals surface area contributed by atoms with E-state index in [1.165, 1.54) is 6.92 Å². The zero-order valence-electron chi connectivity index (χ0n) is 15.5. The summed E-state index contributed by atoms with van der Waals surface area (Å²) >= 11 is 1.55. The number of hydrogen-bond acceptors (Lipinski definition) is 6. The monoisotopic (exact) mass is 384 g/mol. The molecular formula is C19H20N4O3S. The summed E-state index contributed by atoms with van der Waals surface area (Å²) < 4.78 is 12.2. The number of amides is 1. The molecule has 2 unspecified atom stereocenters. The quantitative estimate of drug-likeness (QED) is 0.667. The van der Waals surface area contributed by atoms with Gasteiger partial charge in [0.2, 0.25) is 5.91 Å². The van der Waals surface area contributed by atoms with E-state index in [4.69, 9.17) is 14.5 Å². The first kappa shape index (κ1) is 17.7. The maximum absolute atomic E-state index is 11.4. The predicted molar refractivity (Wildman–Crippen MR) is 106 cm³/mol. The second-order valence-corrected chi connectivity index (χ2v) is 7.31. The van der Waals surface area contributed by atoms with Gasteiger partial charge >= 0.3 is 0 Å². The summed E-state index contributed by atoms with van der Waals surface area (Å²) in [5.74, 6) is 1.65. The molecule has 0 aromatic carbocycles. The fourth-order valence-corrected chi connectivity index (χ4v) is 3.43. The fraction of sp³-hybridized carbons (Fsp3) is 0.316. The first-order chi connectivity index (χ1) is 13.0. The number of pyridine rings is 2. The Balaban J connectivity index is 1.90. The largest absolute Gasteiger partial charge is 0.483 e. The van der Waals surface area contributed by atoms with Crippen molar-refractivity contribution in [1.29, 1.82) is 0 Å². The Morgan fingerprint density at radius 2 is 2.04 bits per heavy atom. The van der Waals surface area contributed by atoms with Gasteiger partial charge in [-0.3, -0.25) is 4.79 Å². The molecule has 0 saturated heterocycles. The van der Waals surface area contributed by atoms with Crippen LogP contribution in [0, 0.1) is 0 Å². The lowest BCUT2D eigenvalue weighted by molar-refractivity contribution is -0.114. The van der Waals surface area contributed by atoms with Crippen LogP contribution in [-0.4, -0.2) is 39.3 Å². The van der Waals surface area contributed by atoms with Crippen molar-refractivity contribution in [3.63, 3.8) is 0 Å². The van der Waals surface area contributed by atoms with Crippen molar-refractivity contribution in [1.82, 2.24) is 15.0 Å². The molecule has 7 nitrogen and oxygen atoms in total. The lowest BCUT2D eigenvalue weighted by Gasteiger charge is -2.31. The van der Waals surface area contributed by atoms with Gasteiger partial charge in [0, 0.05) is 30.1 Å². The van der Waals surface area contributed by atoms with Crippen molar-refractivity contribution in [3.05, 3.63) is 24.5 Å². The smallest absolute Gasteiger partial charge is 0.222 e. The molecule has 1 amide bonds. The first-order valence-corrected chi connectivity index (χ1v) is 9.86. The van der Waals surface area contributed by atoms with Gasteiger partial charge in [0.05, 0.1) is 11.7 Å². The van der Waals surface area contributed by atoms with Crippen molar-refractivity contribution >= 4 is 34.4 Å². The van der Waals surface area contributed by atoms with Crippen LogP contribution in [0.4, 0.5) is 5.82 Å². The number of nitrogens with zero attached hydrogens (tertiary/aromatic N) is 2. The SMILES string of the molecule is CSc1cc2c(c(-c3c[nH]c4cnc(NC(C)=O)cc34)n1)OC(C)C(C)O2. The number of anilines is 1. The molecule has 1 aliphatic heterocycles. The molecule has 0 radical (unpaired) electrons. The molecule has 0 saturated carbocycles. The van der Waals surface area contributed by atoms with Crippen LogP contribution in [0.25, 0.3) is 22.2 Å². The molecule has 1 aliphatic rings. The highest BCUT2D eigenvalue weighted by Gasteiger charge is 2.29. The van der Waals surface area contributed by atoms with Crippen LogP contribution in [0.2, 0.25) is 0 Å². The lowest BCUT2D eigenvalue weighted by Crippen LogP contribution is -2.35. The van der Waals surface area contributed by atoms with Gasteiger partial charge in [0.1, 0.15) is 28.7 Å². The van der Waals surface area contributed by atoms with Crippen LogP contribution in [0.5, 0.6) is 11.5 Å². The molecule has 0 aliphatic carbocycles. The van der Waals surface area contributed by atoms with Crippen molar-refractivity contribution in [2.45, 2.75) is 38.0 Å². The predicted octanol–water partition coefficient (Wildman–Crippen LogP) is 3.85. The molecule has 0 spiro atoms. The van der Waals surface area contributed by atoms with Crippen LogP contribution >= 0.6 is 11.8 Å². The van der Waals surface area contributed by atoms with E-state index in [0.29, 0.717) is 23.0 Å². The number of rotatable bonds is 3. The minimum atomic E-state index is -0.168. The zero-order valence-corrected chi connectivity index (χ0v) is 16.3. The summed E-state index contributed by atoms with van der Waals surface area (Å²) in [7, 11) is 0. The van der Waals surface area contributed by atoms with E-state index in [1.54, 1.807) is 18.0 Å². The zero-order chi connectivity index (χ0) is 19.1. The third-order valence-corrected chi connectivity index (χ3v) is 5.16. The summed E-state index contributed by atoms with van der Waals surface area (Å²) in [6.07, 6.45) is 5.42. The Kier molecular flexibility index (Phi) is 4.43. The van der Waals surface area contributed by atoms with Crippen LogP contribution in [0.3, 0.4) is 0 Å². The topological polar surface area (TPSA) is 89.1 Å². The van der Waals surface area contributed by atoms with Gasteiger partial charge in [0.15, 0.2) is 11.5 Å². The standard InChI is InChI=1S/C19H20N4O3S/c1-9-10(2)26-19-15(25-9)6-17(27-4)23-18(19)13-7-20-14-8-21-16(5-12(13)14)22-11(3)24/h5-10,20H,1-4H3,(H,21,22,24). The van der Waals surface area contributed by atoms with Gasteiger partial charge in [-0.15, -0.1) is 11.8 Å². The lowest BCUT2D eigenvalue weighted by atomic mass is 10.1. The van der Waals surface area contributed by atoms with Gasteiger partial charge in [-0.25, -0.2) is 9.97 Å². The van der Waals surface area contributed by atoms with E-state index in [0.717, 1.165) is 21.5 Å². The number of H-pyrrole nitrogens is 1. The van der Waals surface area contributed by atoms with Crippen LogP contribution in [0.1, 0.15) is 20.8 Å². The number of aromatic nitrogens is 3. The van der Waals surface area contributed by atoms with Gasteiger partial charge < -0.3 is 19.8 Å². The first-order valence-electron chi connectivity index (χ1n) is 8.63. The van der Waals surface area contributed by atoms with Gasteiger partial charge in [0.25, 0.3) is 0 Å². The third-order valence-electron chi connectivity index (χ3n) is 4.53. The highest BCUT2D eigenvalue weighted by molar-refractivity contribution is 7.98. The average Bonchev–Trinajstić information content (AvgIpc) is 3.04. The summed E-state index contributed by atoms with van der Waals surface area (Å²) in [6, 6.07) is 3.74. The molecule has 2 N–H and O–H groups in total. The normalized spacial score (nSPS) is 18.5. The van der Waals surface area contributed by atoms with Crippen molar-refractivity contribution in [3.8, 4) is 22.8 Å². The molecule has 3 aromatic heterocycles. The van der Waals surface area contributed by atoms with E-state index < -0.39 is 0 Å². The second-order valence-electron chi connectivity index (χ2n) is 6.49. The molecule has 0 fully saturated rings. The molecule has 27 heavy (non-hydrogen) atoms. The number of fused-ring (bicyclic) bond motifs is 2. The highest BCUT2D eigenvalue weighted by atomic mass is 32.2. The van der Waals surface area contributed by atoms with Gasteiger partial charge in [-0.2, -0.15) is 0 Å². The average molecular weight is 384 g/mol. The second kappa shape index (κ2) is 6.77. The van der Waals surface area contributed by atoms with Crippen LogP contribution in [-0.2, 0) is 4.79 Å². The van der Waals surface area contributed by atoms with Crippen molar-refractivity contribution < 1.29 is 14.3 Å². The van der Waals surface area contributed by atoms with E-state index in [2.05, 4.69) is 15.3 Å². The summed E-state index contributed by atoms with van der Waals surface area (Å²) in [6.45, 7) is 5.43. The minimum Gasteiger partial charge on any atom is -0.483 e. The van der Waals surface area contributed by atoms with E-state index in [9.17, 15) is 4.79 Å². The minimum absolute atomic E-state index is 0.0407. The number of hydrogen-bond donors (Lipinski definition) is 2. The van der Waals surface area contributed by atoms with Crippen molar-refractivity contribution in [2.75, 3.05) is 11.6 Å². The highest BCUT2D eigenvalue weighted by Crippen LogP contribution is 2.44. The molecule has 140 valence electrons. The molecule has 3 aromatic rings. The molecular weight excluding hydrogens is 364 g/mol. The number of ether oxygens (including phenoxy) is 2. The van der Waals surface area contributed by atoms with Crippen molar-refractivity contribution in [2.24, 2.45) is 0 Å².